The molecule has 1 aliphatic carbocycles. The van der Waals surface area contributed by atoms with Gasteiger partial charge in [-0.05, 0) is 45.6 Å². The Morgan fingerprint density at radius 2 is 2.14 bits per heavy atom. The van der Waals surface area contributed by atoms with E-state index in [2.05, 4.69) is 17.0 Å². The van der Waals surface area contributed by atoms with Gasteiger partial charge in [0, 0.05) is 12.1 Å². The summed E-state index contributed by atoms with van der Waals surface area (Å²) in [6.45, 7) is 7.18. The fraction of sp³-hybridized carbons (Fsp3) is 0.733. The standard InChI is InChI=1S/C15H26N2O3S/c1-4-8-16-10-14-9-15(12(3)20-14)21(18,19)17-11(2)13-6-5-7-13/h9,11,13,16-17H,4-8,10H2,1-3H3. The first-order valence-electron chi connectivity index (χ1n) is 7.76. The Hall–Kier alpha value is -0.850. The first kappa shape index (κ1) is 16.5. The van der Waals surface area contributed by atoms with E-state index in [4.69, 9.17) is 4.42 Å². The first-order chi connectivity index (χ1) is 9.94. The minimum Gasteiger partial charge on any atom is -0.464 e. The fourth-order valence-corrected chi connectivity index (χ4v) is 4.13. The first-order valence-corrected chi connectivity index (χ1v) is 9.24. The largest absolute Gasteiger partial charge is 0.464 e. The molecule has 2 rings (SSSR count). The molecule has 2 N–H and O–H groups in total. The number of furan rings is 1. The number of aryl methyl sites for hydroxylation is 1. The SMILES string of the molecule is CCCNCc1cc(S(=O)(=O)NC(C)C2CCC2)c(C)o1. The highest BCUT2D eigenvalue weighted by atomic mass is 32.2. The maximum atomic E-state index is 12.5. The van der Waals surface area contributed by atoms with Crippen molar-refractivity contribution in [1.82, 2.24) is 10.0 Å². The number of hydrogen-bond acceptors (Lipinski definition) is 4. The lowest BCUT2D eigenvalue weighted by Gasteiger charge is -2.31. The van der Waals surface area contributed by atoms with E-state index >= 15 is 0 Å². The molecule has 0 aliphatic heterocycles. The molecule has 6 heteroatoms. The second-order valence-electron chi connectivity index (χ2n) is 5.91. The summed E-state index contributed by atoms with van der Waals surface area (Å²) >= 11 is 0. The molecule has 1 aromatic heterocycles. The second-order valence-corrected chi connectivity index (χ2v) is 7.59. The quantitative estimate of drug-likeness (QED) is 0.723. The van der Waals surface area contributed by atoms with Gasteiger partial charge in [-0.25, -0.2) is 13.1 Å². The van der Waals surface area contributed by atoms with Crippen molar-refractivity contribution in [2.45, 2.75) is 63.9 Å². The van der Waals surface area contributed by atoms with Crippen molar-refractivity contribution < 1.29 is 12.8 Å². The second kappa shape index (κ2) is 6.94. The summed E-state index contributed by atoms with van der Waals surface area (Å²) in [7, 11) is -3.49. The zero-order valence-corrected chi connectivity index (χ0v) is 13.9. The van der Waals surface area contributed by atoms with E-state index in [9.17, 15) is 8.42 Å². The van der Waals surface area contributed by atoms with Gasteiger partial charge in [-0.2, -0.15) is 0 Å². The van der Waals surface area contributed by atoms with Crippen molar-refractivity contribution in [1.29, 1.82) is 0 Å². The third-order valence-electron chi connectivity index (χ3n) is 4.14. The molecule has 0 amide bonds. The van der Waals surface area contributed by atoms with Gasteiger partial charge in [0.1, 0.15) is 16.4 Å². The molecule has 1 saturated carbocycles. The Bertz CT molecular complexity index is 561. The van der Waals surface area contributed by atoms with Gasteiger partial charge in [0.2, 0.25) is 10.0 Å². The van der Waals surface area contributed by atoms with Crippen LogP contribution in [0, 0.1) is 12.8 Å². The highest BCUT2D eigenvalue weighted by Gasteiger charge is 2.29. The van der Waals surface area contributed by atoms with Gasteiger partial charge in [-0.3, -0.25) is 0 Å². The molecule has 1 unspecified atom stereocenters. The fourth-order valence-electron chi connectivity index (χ4n) is 2.61. The average Bonchev–Trinajstić information content (AvgIpc) is 2.68. The molecule has 0 aromatic carbocycles. The van der Waals surface area contributed by atoms with Crippen LogP contribution in [0.4, 0.5) is 0 Å². The van der Waals surface area contributed by atoms with E-state index in [0.29, 0.717) is 24.0 Å². The third kappa shape index (κ3) is 4.08. The molecule has 0 spiro atoms. The van der Waals surface area contributed by atoms with Crippen LogP contribution in [0.15, 0.2) is 15.4 Å². The van der Waals surface area contributed by atoms with Crippen LogP contribution < -0.4 is 10.0 Å². The lowest BCUT2D eigenvalue weighted by atomic mass is 9.81. The van der Waals surface area contributed by atoms with E-state index < -0.39 is 10.0 Å². The van der Waals surface area contributed by atoms with Crippen LogP contribution in [-0.2, 0) is 16.6 Å². The van der Waals surface area contributed by atoms with Crippen LogP contribution in [0.1, 0.15) is 51.1 Å². The van der Waals surface area contributed by atoms with Gasteiger partial charge >= 0.3 is 0 Å². The average molecular weight is 314 g/mol. The molecule has 0 radical (unpaired) electrons. The summed E-state index contributed by atoms with van der Waals surface area (Å²) in [5.74, 6) is 1.59. The van der Waals surface area contributed by atoms with E-state index in [1.807, 2.05) is 6.92 Å². The van der Waals surface area contributed by atoms with Gasteiger partial charge in [-0.15, -0.1) is 0 Å². The van der Waals surface area contributed by atoms with Gasteiger partial charge < -0.3 is 9.73 Å². The van der Waals surface area contributed by atoms with E-state index in [0.717, 1.165) is 25.8 Å². The smallest absolute Gasteiger partial charge is 0.244 e. The predicted octanol–water partition coefficient (Wildman–Crippen LogP) is 2.55. The maximum Gasteiger partial charge on any atom is 0.244 e. The Kier molecular flexibility index (Phi) is 5.46. The Balaban J connectivity index is 2.04. The normalized spacial score (nSPS) is 17.7. The number of rotatable bonds is 8. The molecule has 1 heterocycles. The van der Waals surface area contributed by atoms with Crippen LogP contribution >= 0.6 is 0 Å². The maximum absolute atomic E-state index is 12.5. The summed E-state index contributed by atoms with van der Waals surface area (Å²) < 4.78 is 33.3. The highest BCUT2D eigenvalue weighted by molar-refractivity contribution is 7.89. The summed E-state index contributed by atoms with van der Waals surface area (Å²) in [6, 6.07) is 1.62. The lowest BCUT2D eigenvalue weighted by Crippen LogP contribution is -2.40. The molecular formula is C15H26N2O3S. The third-order valence-corrected chi connectivity index (χ3v) is 5.80. The Morgan fingerprint density at radius 3 is 2.71 bits per heavy atom. The molecule has 120 valence electrons. The minimum absolute atomic E-state index is 0.0142. The lowest BCUT2D eigenvalue weighted by molar-refractivity contribution is 0.260. The van der Waals surface area contributed by atoms with E-state index in [1.165, 1.54) is 6.42 Å². The summed E-state index contributed by atoms with van der Waals surface area (Å²) in [5, 5.41) is 3.21. The van der Waals surface area contributed by atoms with Gasteiger partial charge in [-0.1, -0.05) is 13.3 Å². The Labute approximate surface area is 127 Å². The molecule has 0 saturated heterocycles. The van der Waals surface area contributed by atoms with Crippen LogP contribution in [0.25, 0.3) is 0 Å². The molecule has 1 fully saturated rings. The van der Waals surface area contributed by atoms with Gasteiger partial charge in [0.05, 0.1) is 6.54 Å². The van der Waals surface area contributed by atoms with Crippen molar-refractivity contribution in [2.24, 2.45) is 5.92 Å². The van der Waals surface area contributed by atoms with Crippen molar-refractivity contribution in [2.75, 3.05) is 6.54 Å². The summed E-state index contributed by atoms with van der Waals surface area (Å²) in [4.78, 5) is 0.266. The van der Waals surface area contributed by atoms with Gasteiger partial charge in [0.15, 0.2) is 0 Å². The van der Waals surface area contributed by atoms with E-state index in [1.54, 1.807) is 13.0 Å². The van der Waals surface area contributed by atoms with Crippen molar-refractivity contribution in [3.8, 4) is 0 Å². The summed E-state index contributed by atoms with van der Waals surface area (Å²) in [5.41, 5.74) is 0. The molecule has 0 bridgehead atoms. The molecule has 1 aromatic rings. The number of hydrogen-bond donors (Lipinski definition) is 2. The van der Waals surface area contributed by atoms with Crippen molar-refractivity contribution in [3.05, 3.63) is 17.6 Å². The van der Waals surface area contributed by atoms with Crippen LogP contribution in [0.2, 0.25) is 0 Å². The van der Waals surface area contributed by atoms with E-state index in [-0.39, 0.29) is 10.9 Å². The molecule has 1 atom stereocenters. The highest BCUT2D eigenvalue weighted by Crippen LogP contribution is 2.30. The Morgan fingerprint density at radius 1 is 1.43 bits per heavy atom. The molecular weight excluding hydrogens is 288 g/mol. The monoisotopic (exact) mass is 314 g/mol. The number of sulfonamides is 1. The molecule has 1 aliphatic rings. The zero-order valence-electron chi connectivity index (χ0n) is 13.1. The van der Waals surface area contributed by atoms with Crippen LogP contribution in [0.5, 0.6) is 0 Å². The van der Waals surface area contributed by atoms with Crippen LogP contribution in [0.3, 0.4) is 0 Å². The zero-order chi connectivity index (χ0) is 15.5. The topological polar surface area (TPSA) is 71.3 Å². The molecule has 5 nitrogen and oxygen atoms in total. The summed E-state index contributed by atoms with van der Waals surface area (Å²) in [6.07, 6.45) is 4.46. The van der Waals surface area contributed by atoms with Gasteiger partial charge in [0.25, 0.3) is 0 Å². The molecule has 21 heavy (non-hydrogen) atoms. The minimum atomic E-state index is -3.49. The van der Waals surface area contributed by atoms with Crippen LogP contribution in [-0.4, -0.2) is 21.0 Å². The predicted molar refractivity (Wildman–Crippen MR) is 82.6 cm³/mol. The van der Waals surface area contributed by atoms with Crippen molar-refractivity contribution in [3.63, 3.8) is 0 Å². The van der Waals surface area contributed by atoms with Crippen molar-refractivity contribution >= 4 is 10.0 Å². The number of nitrogens with one attached hydrogen (secondary N) is 2.